The summed E-state index contributed by atoms with van der Waals surface area (Å²) >= 11 is 0. The highest BCUT2D eigenvalue weighted by molar-refractivity contribution is 4.67. The zero-order chi connectivity index (χ0) is 14.4. The van der Waals surface area contributed by atoms with E-state index >= 15 is 0 Å². The van der Waals surface area contributed by atoms with E-state index in [1.165, 1.54) is 12.2 Å². The standard InChI is InChI=1S/C4H7F.C4H8.C3H7F.C3H5F/c1-2-3-4-5;1-3-4-2;2*1-2-3-4/h3-4H,2H2,1H3;3H,1,4H2,2H3;2-3H2,1H3;2-3H,1H3/b4-3+;;;3-2-/i5-1;;2*4-1. The van der Waals surface area contributed by atoms with E-state index in [9.17, 15) is 13.2 Å². The van der Waals surface area contributed by atoms with Gasteiger partial charge in [-0.3, -0.25) is 4.39 Å². The van der Waals surface area contributed by atoms with E-state index in [1.54, 1.807) is 13.8 Å². The van der Waals surface area contributed by atoms with Crippen molar-refractivity contribution in [3.05, 3.63) is 37.5 Å². The Morgan fingerprint density at radius 1 is 1.00 bits per heavy atom. The molecule has 0 aliphatic carbocycles. The van der Waals surface area contributed by atoms with Crippen molar-refractivity contribution in [2.45, 2.75) is 47.0 Å². The molecule has 3 heteroatoms. The van der Waals surface area contributed by atoms with Gasteiger partial charge in [-0.2, -0.15) is 0 Å². The van der Waals surface area contributed by atoms with Crippen LogP contribution in [-0.2, 0) is 0 Å². The molecule has 17 heavy (non-hydrogen) atoms. The molecule has 0 saturated carbocycles. The second-order valence-corrected chi connectivity index (χ2v) is 2.62. The van der Waals surface area contributed by atoms with Gasteiger partial charge in [0.25, 0.3) is 0 Å². The van der Waals surface area contributed by atoms with E-state index in [0.717, 1.165) is 12.8 Å². The molecule has 0 aliphatic heterocycles. The first-order valence-corrected chi connectivity index (χ1v) is 5.79. The fourth-order valence-corrected chi connectivity index (χ4v) is 0.0891. The maximum Gasteiger partial charge on any atom is 0.0891 e. The molecule has 0 bridgehead atoms. The third-order valence-corrected chi connectivity index (χ3v) is 0.928. The van der Waals surface area contributed by atoms with Gasteiger partial charge in [0.05, 0.1) is 19.3 Å². The summed E-state index contributed by atoms with van der Waals surface area (Å²) < 4.78 is 32.1. The van der Waals surface area contributed by atoms with Crippen LogP contribution in [0.3, 0.4) is 0 Å². The normalized spacial score (nSPS) is 8.41. The number of hydrogen-bond donors (Lipinski definition) is 0. The fourth-order valence-electron chi connectivity index (χ4n) is 0.0891. The van der Waals surface area contributed by atoms with Crippen molar-refractivity contribution in [1.29, 1.82) is 0 Å². The SMILES string of the molecule is C/C=C\[18F].C=CCC.CC/C=C/[18F].CCC[18F]. The first-order chi connectivity index (χ1) is 8.16. The third-order valence-electron chi connectivity index (χ3n) is 0.928. The first kappa shape index (κ1) is 25.0. The summed E-state index contributed by atoms with van der Waals surface area (Å²) in [5.41, 5.74) is 0. The van der Waals surface area contributed by atoms with Gasteiger partial charge < -0.3 is 0 Å². The van der Waals surface area contributed by atoms with Crippen LogP contribution in [0.2, 0.25) is 0 Å². The Hall–Kier alpha value is -0.990. The van der Waals surface area contributed by atoms with Gasteiger partial charge in [0, 0.05) is 0 Å². The first-order valence-electron chi connectivity index (χ1n) is 5.79. The van der Waals surface area contributed by atoms with Crippen molar-refractivity contribution < 1.29 is 13.2 Å². The number of rotatable bonds is 3. The quantitative estimate of drug-likeness (QED) is 0.513. The van der Waals surface area contributed by atoms with E-state index in [1.807, 2.05) is 13.0 Å². The molecule has 0 aromatic heterocycles. The predicted molar refractivity (Wildman–Crippen MR) is 73.2 cm³/mol. The molecule has 0 atom stereocenters. The van der Waals surface area contributed by atoms with Crippen LogP contribution in [-0.4, -0.2) is 6.67 Å². The zero-order valence-corrected chi connectivity index (χ0v) is 11.6. The van der Waals surface area contributed by atoms with Crippen molar-refractivity contribution in [3.63, 3.8) is 0 Å². The smallest absolute Gasteiger partial charge is 0.0891 e. The summed E-state index contributed by atoms with van der Waals surface area (Å²) in [6.45, 7) is 10.7. The Morgan fingerprint density at radius 3 is 1.35 bits per heavy atom. The van der Waals surface area contributed by atoms with Crippen LogP contribution in [0.15, 0.2) is 37.5 Å². The minimum absolute atomic E-state index is 0.181. The summed E-state index contributed by atoms with van der Waals surface area (Å²) in [6, 6.07) is 0. The van der Waals surface area contributed by atoms with Gasteiger partial charge in [0.1, 0.15) is 0 Å². The Morgan fingerprint density at radius 2 is 1.35 bits per heavy atom. The minimum Gasteiger partial charge on any atom is -0.251 e. The number of allylic oxidation sites excluding steroid dienone is 3. The maximum absolute atomic E-state index is 10.8. The van der Waals surface area contributed by atoms with Gasteiger partial charge >= 0.3 is 0 Å². The van der Waals surface area contributed by atoms with Crippen molar-refractivity contribution in [1.82, 2.24) is 0 Å². The topological polar surface area (TPSA) is 0 Å². The third kappa shape index (κ3) is 158. The molecule has 0 amide bonds. The summed E-state index contributed by atoms with van der Waals surface area (Å²) in [5, 5.41) is 0. The van der Waals surface area contributed by atoms with E-state index in [-0.39, 0.29) is 6.67 Å². The fraction of sp³-hybridized carbons (Fsp3) is 0.571. The lowest BCUT2D eigenvalue weighted by Gasteiger charge is -1.64. The molecule has 0 heterocycles. The zero-order valence-electron chi connectivity index (χ0n) is 11.6. The highest BCUT2D eigenvalue weighted by atomic mass is 18.2. The molecule has 0 rings (SSSR count). The lowest BCUT2D eigenvalue weighted by Crippen LogP contribution is -1.58. The number of hydrogen-bond acceptors (Lipinski definition) is 0. The maximum atomic E-state index is 10.8. The molecular weight excluding hydrogens is 222 g/mol. The monoisotopic (exact) mass is 249 g/mol. The molecule has 0 aromatic rings. The number of halogens is 3. The Balaban J connectivity index is -0.0000000667. The Kier molecular flexibility index (Phi) is 67.5. The van der Waals surface area contributed by atoms with Crippen LogP contribution < -0.4 is 0 Å². The van der Waals surface area contributed by atoms with Gasteiger partial charge in [0.2, 0.25) is 0 Å². The van der Waals surface area contributed by atoms with Crippen LogP contribution in [0.25, 0.3) is 0 Å². The van der Waals surface area contributed by atoms with Crippen molar-refractivity contribution in [3.8, 4) is 0 Å². The summed E-state index contributed by atoms with van der Waals surface area (Å²) in [5.74, 6) is 0. The van der Waals surface area contributed by atoms with Gasteiger partial charge in [0.15, 0.2) is 0 Å². The molecule has 0 unspecified atom stereocenters. The molecule has 0 fully saturated rings. The lowest BCUT2D eigenvalue weighted by molar-refractivity contribution is 0.487. The Bertz CT molecular complexity index is 134. The largest absolute Gasteiger partial charge is 0.251 e. The molecule has 0 nitrogen and oxygen atoms in total. The summed E-state index contributed by atoms with van der Waals surface area (Å²) in [7, 11) is 0. The molecule has 0 N–H and O–H groups in total. The Labute approximate surface area is 105 Å². The molecular formula is C14H27F3. The summed E-state index contributed by atoms with van der Waals surface area (Å²) in [6.07, 6.45) is 8.25. The van der Waals surface area contributed by atoms with Crippen molar-refractivity contribution >= 4 is 0 Å². The van der Waals surface area contributed by atoms with Crippen LogP contribution in [0.1, 0.15) is 47.0 Å². The van der Waals surface area contributed by atoms with Crippen LogP contribution in [0.4, 0.5) is 13.2 Å². The van der Waals surface area contributed by atoms with Crippen molar-refractivity contribution in [2.75, 3.05) is 6.67 Å². The molecule has 0 spiro atoms. The highest BCUT2D eigenvalue weighted by Gasteiger charge is 1.60. The molecule has 0 saturated heterocycles. The van der Waals surface area contributed by atoms with E-state index in [0.29, 0.717) is 19.1 Å². The van der Waals surface area contributed by atoms with Crippen molar-refractivity contribution in [2.24, 2.45) is 0 Å². The average molecular weight is 249 g/mol. The van der Waals surface area contributed by atoms with Gasteiger partial charge in [-0.15, -0.1) is 6.58 Å². The van der Waals surface area contributed by atoms with Gasteiger partial charge in [-0.05, 0) is 26.2 Å². The highest BCUT2D eigenvalue weighted by Crippen LogP contribution is 1.76. The second-order valence-electron chi connectivity index (χ2n) is 2.62. The average Bonchev–Trinajstić information content (AvgIpc) is 2.40. The summed E-state index contributed by atoms with van der Waals surface area (Å²) in [4.78, 5) is 0. The van der Waals surface area contributed by atoms with Crippen LogP contribution >= 0.6 is 0 Å². The molecule has 0 radical (unpaired) electrons. The van der Waals surface area contributed by atoms with Gasteiger partial charge in [-0.25, -0.2) is 8.78 Å². The second kappa shape index (κ2) is 45.9. The molecule has 0 aliphatic rings. The predicted octanol–water partition coefficient (Wildman–Crippen LogP) is 6.32. The van der Waals surface area contributed by atoms with E-state index in [4.69, 9.17) is 0 Å². The number of alkyl halides is 1. The lowest BCUT2D eigenvalue weighted by atomic mass is 10.5. The van der Waals surface area contributed by atoms with E-state index < -0.39 is 0 Å². The molecule has 104 valence electrons. The van der Waals surface area contributed by atoms with Gasteiger partial charge in [-0.1, -0.05) is 39.0 Å². The van der Waals surface area contributed by atoms with E-state index in [2.05, 4.69) is 13.5 Å². The van der Waals surface area contributed by atoms with Crippen LogP contribution in [0, 0.1) is 0 Å². The van der Waals surface area contributed by atoms with Crippen LogP contribution in [0.5, 0.6) is 0 Å². The minimum atomic E-state index is -0.181. The molecule has 0 aromatic carbocycles.